The Hall–Kier alpha value is -2.29. The highest BCUT2D eigenvalue weighted by molar-refractivity contribution is 7.92. The van der Waals surface area contributed by atoms with Gasteiger partial charge in [0.25, 0.3) is 0 Å². The summed E-state index contributed by atoms with van der Waals surface area (Å²) in [6.07, 6.45) is 0.780. The zero-order valence-corrected chi connectivity index (χ0v) is 15.4. The van der Waals surface area contributed by atoms with Gasteiger partial charge in [-0.25, -0.2) is 13.1 Å². The van der Waals surface area contributed by atoms with Crippen LogP contribution in [0.15, 0.2) is 30.3 Å². The Bertz CT molecular complexity index is 804. The number of carbonyl (C=O) groups excluding carboxylic acids is 1. The Labute approximate surface area is 147 Å². The van der Waals surface area contributed by atoms with E-state index in [2.05, 4.69) is 20.8 Å². The number of carbonyl (C=O) groups is 1. The first-order valence-corrected chi connectivity index (χ1v) is 9.88. The molecule has 2 atom stereocenters. The maximum Gasteiger partial charge on any atom is 0.238 e. The summed E-state index contributed by atoms with van der Waals surface area (Å²) in [7, 11) is -3.73. The lowest BCUT2D eigenvalue weighted by molar-refractivity contribution is -0.121. The number of amides is 1. The van der Waals surface area contributed by atoms with E-state index >= 15 is 0 Å². The van der Waals surface area contributed by atoms with E-state index in [1.165, 1.54) is 11.6 Å². The van der Waals surface area contributed by atoms with Gasteiger partial charge < -0.3 is 5.32 Å². The minimum Gasteiger partial charge on any atom is -0.348 e. The van der Waals surface area contributed by atoms with Gasteiger partial charge in [-0.1, -0.05) is 37.3 Å². The molecule has 1 N–H and O–H groups in total. The van der Waals surface area contributed by atoms with Crippen LogP contribution in [0.3, 0.4) is 0 Å². The summed E-state index contributed by atoms with van der Waals surface area (Å²) in [5.74, 6) is -0.655. The number of aryl methyl sites for hydroxylation is 1. The third-order valence-electron chi connectivity index (χ3n) is 3.94. The molecular formula is C16H23N5O3S. The molecule has 1 heterocycles. The van der Waals surface area contributed by atoms with Gasteiger partial charge in [-0.05, 0) is 36.3 Å². The van der Waals surface area contributed by atoms with E-state index < -0.39 is 21.0 Å². The summed E-state index contributed by atoms with van der Waals surface area (Å²) >= 11 is 0. The van der Waals surface area contributed by atoms with Crippen LogP contribution in [0, 0.1) is 0 Å². The summed E-state index contributed by atoms with van der Waals surface area (Å²) in [6, 6.07) is 9.09. The first-order chi connectivity index (χ1) is 11.8. The zero-order chi connectivity index (χ0) is 18.4. The lowest BCUT2D eigenvalue weighted by atomic mass is 10.1. The number of hydrogen-bond acceptors (Lipinski definition) is 6. The first kappa shape index (κ1) is 19.0. The van der Waals surface area contributed by atoms with Gasteiger partial charge in [0.05, 0.1) is 6.04 Å². The van der Waals surface area contributed by atoms with Gasteiger partial charge in [-0.2, -0.15) is 0 Å². The van der Waals surface area contributed by atoms with Crippen LogP contribution < -0.4 is 5.32 Å². The van der Waals surface area contributed by atoms with E-state index in [9.17, 15) is 13.2 Å². The van der Waals surface area contributed by atoms with E-state index in [0.29, 0.717) is 6.54 Å². The van der Waals surface area contributed by atoms with Crippen LogP contribution in [0.5, 0.6) is 0 Å². The largest absolute Gasteiger partial charge is 0.348 e. The topological polar surface area (TPSA) is 107 Å². The van der Waals surface area contributed by atoms with Gasteiger partial charge in [0.2, 0.25) is 5.91 Å². The smallest absolute Gasteiger partial charge is 0.238 e. The van der Waals surface area contributed by atoms with Crippen molar-refractivity contribution in [1.29, 1.82) is 0 Å². The average Bonchev–Trinajstić information content (AvgIpc) is 3.01. The first-order valence-electron chi connectivity index (χ1n) is 8.17. The number of nitrogens with one attached hydrogen (secondary N) is 1. The molecule has 0 spiro atoms. The third kappa shape index (κ3) is 4.85. The molecule has 25 heavy (non-hydrogen) atoms. The number of hydrogen-bond donors (Lipinski definition) is 1. The van der Waals surface area contributed by atoms with E-state index in [0.717, 1.165) is 12.0 Å². The normalized spacial score (nSPS) is 14.0. The predicted octanol–water partition coefficient (Wildman–Crippen LogP) is 1.26. The number of benzene rings is 1. The summed E-state index contributed by atoms with van der Waals surface area (Å²) in [5, 5.41) is 12.6. The molecular weight excluding hydrogens is 342 g/mol. The van der Waals surface area contributed by atoms with Crippen molar-refractivity contribution in [3.8, 4) is 0 Å². The van der Waals surface area contributed by atoms with E-state index in [-0.39, 0.29) is 17.6 Å². The van der Waals surface area contributed by atoms with Crippen molar-refractivity contribution in [1.82, 2.24) is 25.5 Å². The quantitative estimate of drug-likeness (QED) is 0.755. The number of sulfone groups is 1. The fraction of sp³-hybridized carbons (Fsp3) is 0.500. The highest BCUT2D eigenvalue weighted by Gasteiger charge is 2.31. The van der Waals surface area contributed by atoms with Crippen molar-refractivity contribution < 1.29 is 13.2 Å². The molecule has 2 rings (SSSR count). The van der Waals surface area contributed by atoms with Crippen LogP contribution in [0.25, 0.3) is 0 Å². The Morgan fingerprint density at radius 2 is 1.92 bits per heavy atom. The van der Waals surface area contributed by atoms with Gasteiger partial charge in [-0.15, -0.1) is 5.10 Å². The molecule has 0 saturated heterocycles. The number of aromatic nitrogens is 4. The van der Waals surface area contributed by atoms with Crippen molar-refractivity contribution in [3.05, 3.63) is 41.7 Å². The standard InChI is InChI=1S/C16H23N5O3S/c1-4-10-21-15(18-19-20-21)11-25(23,24)13(3)16(22)17-12(2)14-8-6-5-7-9-14/h5-9,12-13H,4,10-11H2,1-3H3,(H,17,22). The van der Waals surface area contributed by atoms with Gasteiger partial charge in [0, 0.05) is 6.54 Å². The fourth-order valence-electron chi connectivity index (χ4n) is 2.34. The molecule has 136 valence electrons. The fourth-order valence-corrected chi connectivity index (χ4v) is 3.55. The molecule has 0 fully saturated rings. The molecule has 1 aromatic heterocycles. The Morgan fingerprint density at radius 3 is 2.56 bits per heavy atom. The van der Waals surface area contributed by atoms with Gasteiger partial charge in [0.15, 0.2) is 15.7 Å². The van der Waals surface area contributed by atoms with E-state index in [1.54, 1.807) is 0 Å². The van der Waals surface area contributed by atoms with Crippen LogP contribution in [-0.4, -0.2) is 39.8 Å². The minimum atomic E-state index is -3.73. The Balaban J connectivity index is 2.05. The van der Waals surface area contributed by atoms with Crippen LogP contribution >= 0.6 is 0 Å². The van der Waals surface area contributed by atoms with Crippen LogP contribution in [-0.2, 0) is 26.9 Å². The molecule has 0 bridgehead atoms. The van der Waals surface area contributed by atoms with Crippen molar-refractivity contribution in [2.45, 2.75) is 50.8 Å². The summed E-state index contributed by atoms with van der Waals surface area (Å²) in [5.41, 5.74) is 0.910. The highest BCUT2D eigenvalue weighted by Crippen LogP contribution is 2.14. The number of tetrazole rings is 1. The zero-order valence-electron chi connectivity index (χ0n) is 14.6. The second-order valence-electron chi connectivity index (χ2n) is 5.91. The molecule has 0 radical (unpaired) electrons. The summed E-state index contributed by atoms with van der Waals surface area (Å²) < 4.78 is 26.5. The molecule has 2 aromatic rings. The van der Waals surface area contributed by atoms with E-state index in [1.807, 2.05) is 44.2 Å². The van der Waals surface area contributed by atoms with Crippen molar-refractivity contribution in [2.24, 2.45) is 0 Å². The second kappa shape index (κ2) is 8.19. The monoisotopic (exact) mass is 365 g/mol. The van der Waals surface area contributed by atoms with E-state index in [4.69, 9.17) is 0 Å². The molecule has 0 aliphatic rings. The van der Waals surface area contributed by atoms with Gasteiger partial charge in [0.1, 0.15) is 11.0 Å². The van der Waals surface area contributed by atoms with Gasteiger partial charge >= 0.3 is 0 Å². The lowest BCUT2D eigenvalue weighted by Crippen LogP contribution is -2.39. The summed E-state index contributed by atoms with van der Waals surface area (Å²) in [6.45, 7) is 5.68. The molecule has 9 heteroatoms. The third-order valence-corrected chi connectivity index (χ3v) is 5.89. The Morgan fingerprint density at radius 1 is 1.24 bits per heavy atom. The average molecular weight is 365 g/mol. The Kier molecular flexibility index (Phi) is 6.24. The van der Waals surface area contributed by atoms with Crippen LogP contribution in [0.2, 0.25) is 0 Å². The highest BCUT2D eigenvalue weighted by atomic mass is 32.2. The van der Waals surface area contributed by atoms with Gasteiger partial charge in [-0.3, -0.25) is 4.79 Å². The molecule has 0 saturated carbocycles. The molecule has 0 aliphatic carbocycles. The minimum absolute atomic E-state index is 0.248. The summed E-state index contributed by atoms with van der Waals surface area (Å²) in [4.78, 5) is 12.4. The lowest BCUT2D eigenvalue weighted by Gasteiger charge is -2.18. The van der Waals surface area contributed by atoms with Crippen LogP contribution in [0.4, 0.5) is 0 Å². The molecule has 2 unspecified atom stereocenters. The van der Waals surface area contributed by atoms with Crippen molar-refractivity contribution in [3.63, 3.8) is 0 Å². The van der Waals surface area contributed by atoms with Crippen molar-refractivity contribution >= 4 is 15.7 Å². The molecule has 1 amide bonds. The van der Waals surface area contributed by atoms with Crippen LogP contribution in [0.1, 0.15) is 44.6 Å². The molecule has 1 aromatic carbocycles. The second-order valence-corrected chi connectivity index (χ2v) is 8.23. The number of nitrogens with zero attached hydrogens (tertiary/aromatic N) is 4. The number of rotatable bonds is 8. The predicted molar refractivity (Wildman–Crippen MR) is 93.2 cm³/mol. The maximum atomic E-state index is 12.5. The molecule has 8 nitrogen and oxygen atoms in total. The SMILES string of the molecule is CCCn1nnnc1CS(=O)(=O)C(C)C(=O)NC(C)c1ccccc1. The van der Waals surface area contributed by atoms with Crippen molar-refractivity contribution in [2.75, 3.05) is 0 Å². The molecule has 0 aliphatic heterocycles. The maximum absolute atomic E-state index is 12.5.